The van der Waals surface area contributed by atoms with E-state index in [1.54, 1.807) is 0 Å². The van der Waals surface area contributed by atoms with Crippen LogP contribution < -0.4 is 10.6 Å². The molecule has 1 aromatic rings. The molecule has 0 aliphatic carbocycles. The number of nitrogens with zero attached hydrogens (tertiary/aromatic N) is 1. The van der Waals surface area contributed by atoms with Crippen molar-refractivity contribution in [3.8, 4) is 0 Å². The zero-order valence-corrected chi connectivity index (χ0v) is 12.7. The fourth-order valence-electron chi connectivity index (χ4n) is 2.85. The van der Waals surface area contributed by atoms with Crippen LogP contribution in [0, 0.1) is 12.8 Å². The van der Waals surface area contributed by atoms with E-state index in [0.29, 0.717) is 5.92 Å². The van der Waals surface area contributed by atoms with Crippen molar-refractivity contribution in [2.24, 2.45) is 5.92 Å². The Kier molecular flexibility index (Phi) is 5.01. The Morgan fingerprint density at radius 2 is 2.25 bits per heavy atom. The van der Waals surface area contributed by atoms with Gasteiger partial charge in [0.05, 0.1) is 0 Å². The van der Waals surface area contributed by atoms with Gasteiger partial charge in [-0.1, -0.05) is 0 Å². The van der Waals surface area contributed by atoms with E-state index in [1.165, 1.54) is 19.4 Å². The van der Waals surface area contributed by atoms with Gasteiger partial charge in [-0.2, -0.15) is 0 Å². The highest BCUT2D eigenvalue weighted by Crippen LogP contribution is 2.16. The van der Waals surface area contributed by atoms with Crippen molar-refractivity contribution in [1.82, 2.24) is 10.2 Å². The summed E-state index contributed by atoms with van der Waals surface area (Å²) >= 11 is 0. The van der Waals surface area contributed by atoms with Crippen LogP contribution in [0.2, 0.25) is 0 Å². The van der Waals surface area contributed by atoms with Crippen LogP contribution in [0.4, 0.5) is 5.69 Å². The lowest BCUT2D eigenvalue weighted by Crippen LogP contribution is -2.39. The van der Waals surface area contributed by atoms with E-state index >= 15 is 0 Å². The first-order valence-electron chi connectivity index (χ1n) is 7.35. The Hall–Kier alpha value is -1.55. The maximum atomic E-state index is 12.2. The van der Waals surface area contributed by atoms with Crippen LogP contribution in [-0.2, 0) is 0 Å². The Balaban J connectivity index is 1.91. The molecule has 20 heavy (non-hydrogen) atoms. The number of hydrogen-bond donors (Lipinski definition) is 2. The molecule has 1 amide bonds. The van der Waals surface area contributed by atoms with Gasteiger partial charge < -0.3 is 15.5 Å². The minimum Gasteiger partial charge on any atom is -0.388 e. The SMILES string of the molecule is CNc1ccc(C(=O)NCC2CCCN(C)C2)c(C)c1. The Morgan fingerprint density at radius 3 is 2.90 bits per heavy atom. The van der Waals surface area contributed by atoms with Crippen molar-refractivity contribution in [3.63, 3.8) is 0 Å². The van der Waals surface area contributed by atoms with Crippen LogP contribution in [0.1, 0.15) is 28.8 Å². The third-order valence-electron chi connectivity index (χ3n) is 4.03. The zero-order chi connectivity index (χ0) is 14.5. The highest BCUT2D eigenvalue weighted by molar-refractivity contribution is 5.96. The summed E-state index contributed by atoms with van der Waals surface area (Å²) in [6.45, 7) is 5.01. The summed E-state index contributed by atoms with van der Waals surface area (Å²) in [5.74, 6) is 0.618. The van der Waals surface area contributed by atoms with Crippen LogP contribution in [0.15, 0.2) is 18.2 Å². The normalized spacial score (nSPS) is 19.6. The highest BCUT2D eigenvalue weighted by atomic mass is 16.1. The van der Waals surface area contributed by atoms with Crippen molar-refractivity contribution < 1.29 is 4.79 Å². The van der Waals surface area contributed by atoms with Gasteiger partial charge in [0.2, 0.25) is 0 Å². The number of amides is 1. The second kappa shape index (κ2) is 6.75. The van der Waals surface area contributed by atoms with E-state index in [1.807, 2.05) is 32.2 Å². The molecule has 1 unspecified atom stereocenters. The first-order chi connectivity index (χ1) is 9.60. The van der Waals surface area contributed by atoms with Gasteiger partial charge in [-0.05, 0) is 63.0 Å². The molecule has 1 aliphatic rings. The van der Waals surface area contributed by atoms with Crippen LogP contribution in [0.25, 0.3) is 0 Å². The number of carbonyl (C=O) groups excluding carboxylic acids is 1. The third-order valence-corrected chi connectivity index (χ3v) is 4.03. The summed E-state index contributed by atoms with van der Waals surface area (Å²) < 4.78 is 0. The second-order valence-corrected chi connectivity index (χ2v) is 5.76. The van der Waals surface area contributed by atoms with Crippen LogP contribution in [0.5, 0.6) is 0 Å². The molecule has 0 bridgehead atoms. The number of aryl methyl sites for hydroxylation is 1. The minimum atomic E-state index is 0.0402. The Labute approximate surface area is 121 Å². The molecule has 0 radical (unpaired) electrons. The first kappa shape index (κ1) is 14.9. The number of piperidine rings is 1. The van der Waals surface area contributed by atoms with Gasteiger partial charge in [-0.25, -0.2) is 0 Å². The molecule has 1 atom stereocenters. The second-order valence-electron chi connectivity index (χ2n) is 5.76. The molecule has 1 saturated heterocycles. The predicted molar refractivity (Wildman–Crippen MR) is 83.3 cm³/mol. The van der Waals surface area contributed by atoms with E-state index in [9.17, 15) is 4.79 Å². The Bertz CT molecular complexity index is 473. The van der Waals surface area contributed by atoms with Crippen molar-refractivity contribution >= 4 is 11.6 Å². The molecule has 1 aromatic carbocycles. The maximum absolute atomic E-state index is 12.2. The fraction of sp³-hybridized carbons (Fsp3) is 0.562. The van der Waals surface area contributed by atoms with E-state index in [0.717, 1.165) is 29.9 Å². The van der Waals surface area contributed by atoms with Gasteiger partial charge in [0.1, 0.15) is 0 Å². The van der Waals surface area contributed by atoms with Crippen LogP contribution >= 0.6 is 0 Å². The van der Waals surface area contributed by atoms with Crippen molar-refractivity contribution in [1.29, 1.82) is 0 Å². The highest BCUT2D eigenvalue weighted by Gasteiger charge is 2.18. The standard InChI is InChI=1S/C16H25N3O/c1-12-9-14(17-2)6-7-15(12)16(20)18-10-13-5-4-8-19(3)11-13/h6-7,9,13,17H,4-5,8,10-11H2,1-3H3,(H,18,20). The molecule has 2 rings (SSSR count). The number of carbonyl (C=O) groups is 1. The zero-order valence-electron chi connectivity index (χ0n) is 12.7. The average molecular weight is 275 g/mol. The van der Waals surface area contributed by atoms with Gasteiger partial charge in [0, 0.05) is 31.4 Å². The van der Waals surface area contributed by atoms with Crippen molar-refractivity contribution in [2.75, 3.05) is 39.0 Å². The third kappa shape index (κ3) is 3.73. The van der Waals surface area contributed by atoms with Crippen LogP contribution in [0.3, 0.4) is 0 Å². The Morgan fingerprint density at radius 1 is 1.45 bits per heavy atom. The number of rotatable bonds is 4. The molecular weight excluding hydrogens is 250 g/mol. The lowest BCUT2D eigenvalue weighted by molar-refractivity contribution is 0.0936. The van der Waals surface area contributed by atoms with Crippen LogP contribution in [-0.4, -0.2) is 44.5 Å². The predicted octanol–water partition coefficient (Wildman–Crippen LogP) is 2.11. The number of likely N-dealkylation sites (tertiary alicyclic amines) is 1. The lowest BCUT2D eigenvalue weighted by Gasteiger charge is -2.29. The molecule has 110 valence electrons. The van der Waals surface area contributed by atoms with Gasteiger partial charge >= 0.3 is 0 Å². The molecule has 1 heterocycles. The molecular formula is C16H25N3O. The topological polar surface area (TPSA) is 44.4 Å². The number of nitrogens with one attached hydrogen (secondary N) is 2. The molecule has 1 fully saturated rings. The maximum Gasteiger partial charge on any atom is 0.251 e. The summed E-state index contributed by atoms with van der Waals surface area (Å²) in [5.41, 5.74) is 2.82. The van der Waals surface area contributed by atoms with E-state index < -0.39 is 0 Å². The first-order valence-corrected chi connectivity index (χ1v) is 7.35. The van der Waals surface area contributed by atoms with Gasteiger partial charge in [0.25, 0.3) is 5.91 Å². The smallest absolute Gasteiger partial charge is 0.251 e. The quantitative estimate of drug-likeness (QED) is 0.884. The van der Waals surface area contributed by atoms with Gasteiger partial charge in [-0.3, -0.25) is 4.79 Å². The van der Waals surface area contributed by atoms with E-state index in [2.05, 4.69) is 22.6 Å². The molecule has 1 aliphatic heterocycles. The summed E-state index contributed by atoms with van der Waals surface area (Å²) in [6, 6.07) is 5.84. The monoisotopic (exact) mass is 275 g/mol. The molecule has 2 N–H and O–H groups in total. The van der Waals surface area contributed by atoms with Gasteiger partial charge in [0.15, 0.2) is 0 Å². The molecule has 4 heteroatoms. The summed E-state index contributed by atoms with van der Waals surface area (Å²) in [6.07, 6.45) is 2.44. The summed E-state index contributed by atoms with van der Waals surface area (Å²) in [4.78, 5) is 14.6. The number of hydrogen-bond acceptors (Lipinski definition) is 3. The van der Waals surface area contributed by atoms with Gasteiger partial charge in [-0.15, -0.1) is 0 Å². The summed E-state index contributed by atoms with van der Waals surface area (Å²) in [7, 11) is 4.03. The number of anilines is 1. The van der Waals surface area contributed by atoms with Crippen molar-refractivity contribution in [2.45, 2.75) is 19.8 Å². The molecule has 0 saturated carbocycles. The van der Waals surface area contributed by atoms with E-state index in [4.69, 9.17) is 0 Å². The lowest BCUT2D eigenvalue weighted by atomic mass is 9.98. The molecule has 0 aromatic heterocycles. The molecule has 4 nitrogen and oxygen atoms in total. The molecule has 0 spiro atoms. The minimum absolute atomic E-state index is 0.0402. The average Bonchev–Trinajstić information content (AvgIpc) is 2.44. The van der Waals surface area contributed by atoms with Crippen molar-refractivity contribution in [3.05, 3.63) is 29.3 Å². The van der Waals surface area contributed by atoms with E-state index in [-0.39, 0.29) is 5.91 Å². The largest absolute Gasteiger partial charge is 0.388 e. The fourth-order valence-corrected chi connectivity index (χ4v) is 2.85. The summed E-state index contributed by atoms with van der Waals surface area (Å²) in [5, 5.41) is 6.17. The number of benzene rings is 1.